The summed E-state index contributed by atoms with van der Waals surface area (Å²) in [6.45, 7) is 6.10. The van der Waals surface area contributed by atoms with Crippen molar-refractivity contribution < 1.29 is 4.79 Å². The summed E-state index contributed by atoms with van der Waals surface area (Å²) in [6, 6.07) is 7.77. The lowest BCUT2D eigenvalue weighted by Crippen LogP contribution is -2.34. The van der Waals surface area contributed by atoms with Crippen LogP contribution in [0.4, 0.5) is 5.69 Å². The van der Waals surface area contributed by atoms with Crippen molar-refractivity contribution in [1.29, 1.82) is 0 Å². The lowest BCUT2D eigenvalue weighted by molar-refractivity contribution is 0.0981. The number of hydrogen-bond acceptors (Lipinski definition) is 3. The van der Waals surface area contributed by atoms with E-state index in [0.29, 0.717) is 9.99 Å². The Kier molecular flexibility index (Phi) is 4.52. The highest BCUT2D eigenvalue weighted by molar-refractivity contribution is 7.80. The van der Waals surface area contributed by atoms with Crippen LogP contribution in [0.15, 0.2) is 29.6 Å². The van der Waals surface area contributed by atoms with Crippen molar-refractivity contribution in [3.8, 4) is 0 Å². The van der Waals surface area contributed by atoms with Crippen molar-refractivity contribution >= 4 is 40.3 Å². The molecule has 0 saturated carbocycles. The Labute approximate surface area is 128 Å². The van der Waals surface area contributed by atoms with Crippen molar-refractivity contribution in [3.05, 3.63) is 51.2 Å². The van der Waals surface area contributed by atoms with Crippen LogP contribution in [-0.4, -0.2) is 11.0 Å². The van der Waals surface area contributed by atoms with Crippen LogP contribution in [0, 0.1) is 20.8 Å². The van der Waals surface area contributed by atoms with Gasteiger partial charge in [-0.25, -0.2) is 0 Å². The SMILES string of the molecule is Cc1cc(C)c(NC(=S)NC(=O)c2cccs2)c(C)c1. The van der Waals surface area contributed by atoms with Crippen LogP contribution in [0.1, 0.15) is 26.4 Å². The average Bonchev–Trinajstić information content (AvgIpc) is 2.87. The Morgan fingerprint density at radius 3 is 2.40 bits per heavy atom. The van der Waals surface area contributed by atoms with Crippen molar-refractivity contribution in [2.45, 2.75) is 20.8 Å². The highest BCUT2D eigenvalue weighted by Crippen LogP contribution is 2.21. The minimum Gasteiger partial charge on any atom is -0.332 e. The molecule has 0 spiro atoms. The van der Waals surface area contributed by atoms with Crippen LogP contribution < -0.4 is 10.6 Å². The first-order valence-corrected chi connectivity index (χ1v) is 7.50. The van der Waals surface area contributed by atoms with Crippen molar-refractivity contribution in [3.63, 3.8) is 0 Å². The van der Waals surface area contributed by atoms with Crippen LogP contribution in [0.3, 0.4) is 0 Å². The second-order valence-corrected chi connectivity index (χ2v) is 6.02. The van der Waals surface area contributed by atoms with Crippen molar-refractivity contribution in [2.75, 3.05) is 5.32 Å². The number of carbonyl (C=O) groups is 1. The molecule has 3 nitrogen and oxygen atoms in total. The summed E-state index contributed by atoms with van der Waals surface area (Å²) in [4.78, 5) is 12.5. The third-order valence-electron chi connectivity index (χ3n) is 2.89. The van der Waals surface area contributed by atoms with E-state index in [1.54, 1.807) is 6.07 Å². The van der Waals surface area contributed by atoms with Gasteiger partial charge in [-0.1, -0.05) is 23.8 Å². The van der Waals surface area contributed by atoms with Gasteiger partial charge in [-0.15, -0.1) is 11.3 Å². The van der Waals surface area contributed by atoms with Gasteiger partial charge < -0.3 is 5.32 Å². The zero-order valence-electron chi connectivity index (χ0n) is 11.6. The van der Waals surface area contributed by atoms with Crippen molar-refractivity contribution in [2.24, 2.45) is 0 Å². The van der Waals surface area contributed by atoms with E-state index < -0.39 is 0 Å². The van der Waals surface area contributed by atoms with Crippen LogP contribution in [0.5, 0.6) is 0 Å². The Balaban J connectivity index is 2.07. The molecule has 2 aromatic rings. The fraction of sp³-hybridized carbons (Fsp3) is 0.200. The Morgan fingerprint density at radius 1 is 1.20 bits per heavy atom. The van der Waals surface area contributed by atoms with Gasteiger partial charge in [-0.05, 0) is 55.6 Å². The van der Waals surface area contributed by atoms with Gasteiger partial charge in [0, 0.05) is 5.69 Å². The van der Waals surface area contributed by atoms with Crippen LogP contribution in [0.2, 0.25) is 0 Å². The molecule has 0 aliphatic heterocycles. The molecule has 0 aliphatic rings. The van der Waals surface area contributed by atoms with Gasteiger partial charge in [0.15, 0.2) is 5.11 Å². The Hall–Kier alpha value is -1.72. The largest absolute Gasteiger partial charge is 0.332 e. The van der Waals surface area contributed by atoms with E-state index in [-0.39, 0.29) is 5.91 Å². The third-order valence-corrected chi connectivity index (χ3v) is 3.96. The fourth-order valence-corrected chi connectivity index (χ4v) is 2.91. The van der Waals surface area contributed by atoms with E-state index in [4.69, 9.17) is 12.2 Å². The summed E-state index contributed by atoms with van der Waals surface area (Å²) < 4.78 is 0. The summed E-state index contributed by atoms with van der Waals surface area (Å²) in [5.74, 6) is -0.181. The van der Waals surface area contributed by atoms with Gasteiger partial charge in [-0.3, -0.25) is 10.1 Å². The van der Waals surface area contributed by atoms with Gasteiger partial charge in [-0.2, -0.15) is 0 Å². The number of nitrogens with one attached hydrogen (secondary N) is 2. The molecular formula is C15H16N2OS2. The van der Waals surface area contributed by atoms with Crippen LogP contribution >= 0.6 is 23.6 Å². The molecule has 2 rings (SSSR count). The number of amides is 1. The number of benzene rings is 1. The summed E-state index contributed by atoms with van der Waals surface area (Å²) in [5, 5.41) is 7.97. The molecule has 0 radical (unpaired) electrons. The molecule has 0 bridgehead atoms. The van der Waals surface area contributed by atoms with Crippen LogP contribution in [-0.2, 0) is 0 Å². The number of carbonyl (C=O) groups excluding carboxylic acids is 1. The van der Waals surface area contributed by atoms with E-state index in [2.05, 4.69) is 29.7 Å². The molecule has 0 fully saturated rings. The number of rotatable bonds is 2. The number of aryl methyl sites for hydroxylation is 3. The number of thiocarbonyl (C=S) groups is 1. The van der Waals surface area contributed by atoms with Gasteiger partial charge in [0.2, 0.25) is 0 Å². The Morgan fingerprint density at radius 2 is 1.85 bits per heavy atom. The first-order chi connectivity index (χ1) is 9.47. The minimum absolute atomic E-state index is 0.181. The topological polar surface area (TPSA) is 41.1 Å². The maximum Gasteiger partial charge on any atom is 0.267 e. The van der Waals surface area contributed by atoms with Gasteiger partial charge in [0.05, 0.1) is 4.88 Å². The maximum atomic E-state index is 11.9. The normalized spacial score (nSPS) is 10.2. The number of hydrogen-bond donors (Lipinski definition) is 2. The predicted octanol–water partition coefficient (Wildman–Crippen LogP) is 3.80. The molecule has 1 amide bonds. The highest BCUT2D eigenvalue weighted by Gasteiger charge is 2.10. The second-order valence-electron chi connectivity index (χ2n) is 4.66. The summed E-state index contributed by atoms with van der Waals surface area (Å²) in [7, 11) is 0. The fourth-order valence-electron chi connectivity index (χ4n) is 2.09. The quantitative estimate of drug-likeness (QED) is 0.829. The van der Waals surface area contributed by atoms with E-state index in [1.165, 1.54) is 16.9 Å². The number of thiophene rings is 1. The molecule has 0 aliphatic carbocycles. The lowest BCUT2D eigenvalue weighted by atomic mass is 10.1. The third kappa shape index (κ3) is 3.43. The van der Waals surface area contributed by atoms with Crippen molar-refractivity contribution in [1.82, 2.24) is 5.32 Å². The molecule has 0 saturated heterocycles. The first-order valence-electron chi connectivity index (χ1n) is 6.21. The van der Waals surface area contributed by atoms with E-state index in [0.717, 1.165) is 16.8 Å². The standard InChI is InChI=1S/C15H16N2OS2/c1-9-7-10(2)13(11(3)8-9)16-15(19)17-14(18)12-5-4-6-20-12/h4-8H,1-3H3,(H2,16,17,18,19). The molecule has 2 N–H and O–H groups in total. The van der Waals surface area contributed by atoms with Gasteiger partial charge in [0.25, 0.3) is 5.91 Å². The Bertz CT molecular complexity index is 625. The molecule has 1 aromatic carbocycles. The van der Waals surface area contributed by atoms with Crippen LogP contribution in [0.25, 0.3) is 0 Å². The smallest absolute Gasteiger partial charge is 0.267 e. The highest BCUT2D eigenvalue weighted by atomic mass is 32.1. The van der Waals surface area contributed by atoms with E-state index in [1.807, 2.05) is 25.3 Å². The molecule has 1 aromatic heterocycles. The zero-order chi connectivity index (χ0) is 14.7. The van der Waals surface area contributed by atoms with E-state index in [9.17, 15) is 4.79 Å². The monoisotopic (exact) mass is 304 g/mol. The molecule has 20 heavy (non-hydrogen) atoms. The molecule has 104 valence electrons. The van der Waals surface area contributed by atoms with Gasteiger partial charge in [0.1, 0.15) is 0 Å². The molecule has 5 heteroatoms. The number of anilines is 1. The molecule has 1 heterocycles. The maximum absolute atomic E-state index is 11.9. The lowest BCUT2D eigenvalue weighted by Gasteiger charge is -2.14. The molecular weight excluding hydrogens is 288 g/mol. The second kappa shape index (κ2) is 6.15. The summed E-state index contributed by atoms with van der Waals surface area (Å²) >= 11 is 6.59. The summed E-state index contributed by atoms with van der Waals surface area (Å²) in [6.07, 6.45) is 0. The van der Waals surface area contributed by atoms with Gasteiger partial charge >= 0.3 is 0 Å². The summed E-state index contributed by atoms with van der Waals surface area (Å²) in [5.41, 5.74) is 4.37. The molecule has 0 atom stereocenters. The first kappa shape index (κ1) is 14.7. The molecule has 0 unspecified atom stereocenters. The van der Waals surface area contributed by atoms with E-state index >= 15 is 0 Å². The predicted molar refractivity (Wildman–Crippen MR) is 88.7 cm³/mol. The zero-order valence-corrected chi connectivity index (χ0v) is 13.2. The minimum atomic E-state index is -0.181. The average molecular weight is 304 g/mol.